The lowest BCUT2D eigenvalue weighted by atomic mass is 9.88. The van der Waals surface area contributed by atoms with Crippen molar-refractivity contribution in [1.82, 2.24) is 9.91 Å². The Bertz CT molecular complexity index is 884. The Balaban J connectivity index is 1.27. The van der Waals surface area contributed by atoms with Crippen LogP contribution in [-0.2, 0) is 9.53 Å². The first kappa shape index (κ1) is 23.2. The Morgan fingerprint density at radius 1 is 1.15 bits per heavy atom. The summed E-state index contributed by atoms with van der Waals surface area (Å²) in [7, 11) is 0. The van der Waals surface area contributed by atoms with Gasteiger partial charge in [0.15, 0.2) is 5.84 Å². The van der Waals surface area contributed by atoms with Gasteiger partial charge in [-0.25, -0.2) is 5.01 Å². The van der Waals surface area contributed by atoms with Gasteiger partial charge in [0.2, 0.25) is 0 Å². The number of ether oxygens (including phenoxy) is 1. The van der Waals surface area contributed by atoms with Gasteiger partial charge >= 0.3 is 0 Å². The van der Waals surface area contributed by atoms with Crippen LogP contribution in [0.15, 0.2) is 21.7 Å². The molecule has 5 rings (SSSR count). The fourth-order valence-corrected chi connectivity index (χ4v) is 6.52. The van der Waals surface area contributed by atoms with Crippen molar-refractivity contribution in [2.24, 2.45) is 16.0 Å². The molecular formula is C25H36ClN5O2. The van der Waals surface area contributed by atoms with E-state index in [4.69, 9.17) is 21.7 Å². The van der Waals surface area contributed by atoms with Crippen LogP contribution >= 0.6 is 11.6 Å². The molecule has 7 nitrogen and oxygen atoms in total. The SMILES string of the molecule is CC1CCCCC1OCC1=NN2C(=N)/C(=C\C3CCCN3C3CCCC(Cl)C3)C(=O)N=C2C1. The maximum Gasteiger partial charge on any atom is 0.282 e. The third-order valence-corrected chi connectivity index (χ3v) is 8.42. The van der Waals surface area contributed by atoms with Gasteiger partial charge in [-0.05, 0) is 57.4 Å². The molecule has 0 radical (unpaired) electrons. The second kappa shape index (κ2) is 9.96. The highest BCUT2D eigenvalue weighted by molar-refractivity contribution is 6.32. The number of nitrogens with one attached hydrogen (secondary N) is 1. The Morgan fingerprint density at radius 3 is 2.82 bits per heavy atom. The minimum absolute atomic E-state index is 0.150. The zero-order valence-corrected chi connectivity index (χ0v) is 20.4. The number of hydrogen-bond donors (Lipinski definition) is 1. The molecule has 0 bridgehead atoms. The predicted octanol–water partition coefficient (Wildman–Crippen LogP) is 4.50. The van der Waals surface area contributed by atoms with E-state index in [1.54, 1.807) is 5.01 Å². The molecular weight excluding hydrogens is 438 g/mol. The summed E-state index contributed by atoms with van der Waals surface area (Å²) >= 11 is 6.45. The molecule has 3 heterocycles. The first-order valence-corrected chi connectivity index (χ1v) is 13.2. The summed E-state index contributed by atoms with van der Waals surface area (Å²) < 4.78 is 6.17. The van der Waals surface area contributed by atoms with Gasteiger partial charge in [0.05, 0.1) is 30.4 Å². The van der Waals surface area contributed by atoms with E-state index in [-0.39, 0.29) is 29.3 Å². The molecule has 33 heavy (non-hydrogen) atoms. The Kier molecular flexibility index (Phi) is 7.00. The van der Waals surface area contributed by atoms with Gasteiger partial charge in [-0.3, -0.25) is 15.1 Å². The third-order valence-electron chi connectivity index (χ3n) is 8.03. The molecule has 0 aromatic carbocycles. The summed E-state index contributed by atoms with van der Waals surface area (Å²) in [4.78, 5) is 19.7. The summed E-state index contributed by atoms with van der Waals surface area (Å²) in [6, 6.07) is 0.628. The maximum atomic E-state index is 12.9. The van der Waals surface area contributed by atoms with Gasteiger partial charge in [0.1, 0.15) is 5.84 Å². The lowest BCUT2D eigenvalue weighted by Crippen LogP contribution is -2.43. The highest BCUT2D eigenvalue weighted by Crippen LogP contribution is 2.33. The van der Waals surface area contributed by atoms with E-state index in [0.717, 1.165) is 57.2 Å². The van der Waals surface area contributed by atoms with Crippen LogP contribution in [0.3, 0.4) is 0 Å². The summed E-state index contributed by atoms with van der Waals surface area (Å²) in [6.07, 6.45) is 14.1. The number of halogens is 1. The van der Waals surface area contributed by atoms with Crippen molar-refractivity contribution in [1.29, 1.82) is 5.41 Å². The summed E-state index contributed by atoms with van der Waals surface area (Å²) in [5.74, 6) is 0.965. The number of amidine groups is 2. The van der Waals surface area contributed by atoms with Crippen molar-refractivity contribution in [3.8, 4) is 0 Å². The van der Waals surface area contributed by atoms with Crippen molar-refractivity contribution < 1.29 is 9.53 Å². The molecule has 5 atom stereocenters. The zero-order valence-electron chi connectivity index (χ0n) is 19.6. The topological polar surface area (TPSA) is 81.4 Å². The van der Waals surface area contributed by atoms with Crippen molar-refractivity contribution in [3.63, 3.8) is 0 Å². The van der Waals surface area contributed by atoms with Crippen LogP contribution in [0.4, 0.5) is 0 Å². The second-order valence-electron chi connectivity index (χ2n) is 10.4. The van der Waals surface area contributed by atoms with Crippen molar-refractivity contribution in [2.45, 2.75) is 101 Å². The molecule has 5 aliphatic rings. The first-order chi connectivity index (χ1) is 16.0. The molecule has 1 amide bonds. The van der Waals surface area contributed by atoms with Gasteiger partial charge in [-0.2, -0.15) is 10.1 Å². The molecule has 3 aliphatic heterocycles. The number of rotatable bonds is 5. The van der Waals surface area contributed by atoms with Crippen molar-refractivity contribution in [2.75, 3.05) is 13.2 Å². The maximum absolute atomic E-state index is 12.9. The van der Waals surface area contributed by atoms with Gasteiger partial charge in [-0.1, -0.05) is 32.3 Å². The Hall–Kier alpha value is -1.57. The third kappa shape index (κ3) is 4.96. The van der Waals surface area contributed by atoms with Crippen LogP contribution in [0.2, 0.25) is 0 Å². The van der Waals surface area contributed by atoms with Gasteiger partial charge in [-0.15, -0.1) is 11.6 Å². The van der Waals surface area contributed by atoms with E-state index in [1.807, 2.05) is 6.08 Å². The summed E-state index contributed by atoms with van der Waals surface area (Å²) in [5, 5.41) is 15.1. The molecule has 0 aromatic heterocycles. The van der Waals surface area contributed by atoms with Gasteiger partial charge < -0.3 is 4.74 Å². The zero-order chi connectivity index (χ0) is 22.9. The number of carbonyl (C=O) groups is 1. The molecule has 3 fully saturated rings. The molecule has 5 unspecified atom stereocenters. The predicted molar refractivity (Wildman–Crippen MR) is 131 cm³/mol. The number of hydrazone groups is 1. The van der Waals surface area contributed by atoms with E-state index >= 15 is 0 Å². The lowest BCUT2D eigenvalue weighted by molar-refractivity contribution is -0.114. The molecule has 8 heteroatoms. The molecule has 2 aliphatic carbocycles. The summed E-state index contributed by atoms with van der Waals surface area (Å²) in [5.41, 5.74) is 1.23. The minimum Gasteiger partial charge on any atom is -0.372 e. The summed E-state index contributed by atoms with van der Waals surface area (Å²) in [6.45, 7) is 3.73. The molecule has 1 N–H and O–H groups in total. The molecule has 0 aromatic rings. The quantitative estimate of drug-likeness (QED) is 0.470. The van der Waals surface area contributed by atoms with Crippen LogP contribution in [0.25, 0.3) is 0 Å². The number of aliphatic imine (C=N–C) groups is 1. The number of fused-ring (bicyclic) bond motifs is 1. The smallest absolute Gasteiger partial charge is 0.282 e. The number of alkyl halides is 1. The second-order valence-corrected chi connectivity index (χ2v) is 11.0. The molecule has 2 saturated carbocycles. The Labute approximate surface area is 201 Å². The van der Waals surface area contributed by atoms with E-state index < -0.39 is 0 Å². The van der Waals surface area contributed by atoms with Crippen molar-refractivity contribution in [3.05, 3.63) is 11.6 Å². The first-order valence-electron chi connectivity index (χ1n) is 12.8. The van der Waals surface area contributed by atoms with Crippen LogP contribution in [0, 0.1) is 11.3 Å². The van der Waals surface area contributed by atoms with Crippen LogP contribution < -0.4 is 0 Å². The van der Waals surface area contributed by atoms with Crippen LogP contribution in [-0.4, -0.2) is 69.9 Å². The molecule has 1 saturated heterocycles. The largest absolute Gasteiger partial charge is 0.372 e. The number of carbonyl (C=O) groups excluding carboxylic acids is 1. The standard InChI is InChI=1S/C25H36ClN5O2/c1-16-6-2-3-10-22(16)33-15-18-13-23-28-25(32)21(24(27)31(23)29-18)14-20-9-5-11-30(20)19-8-4-7-17(26)12-19/h14,16-17,19-20,22,27H,2-13,15H2,1H3/b21-14+,27-24?. The van der Waals surface area contributed by atoms with Crippen LogP contribution in [0.1, 0.15) is 77.6 Å². The van der Waals surface area contributed by atoms with E-state index in [1.165, 1.54) is 19.3 Å². The van der Waals surface area contributed by atoms with Crippen molar-refractivity contribution >= 4 is 34.9 Å². The van der Waals surface area contributed by atoms with Crippen LogP contribution in [0.5, 0.6) is 0 Å². The highest BCUT2D eigenvalue weighted by atomic mass is 35.5. The highest BCUT2D eigenvalue weighted by Gasteiger charge is 2.38. The normalized spacial score (nSPS) is 36.8. The molecule has 180 valence electrons. The number of amides is 1. The average Bonchev–Trinajstić information content (AvgIpc) is 3.43. The lowest BCUT2D eigenvalue weighted by Gasteiger charge is -2.36. The van der Waals surface area contributed by atoms with E-state index in [9.17, 15) is 4.79 Å². The fraction of sp³-hybridized carbons (Fsp3) is 0.760. The average molecular weight is 474 g/mol. The Morgan fingerprint density at radius 2 is 2.00 bits per heavy atom. The number of hydrogen-bond acceptors (Lipinski definition) is 5. The molecule has 0 spiro atoms. The fourth-order valence-electron chi connectivity index (χ4n) is 6.16. The van der Waals surface area contributed by atoms with E-state index in [0.29, 0.717) is 36.4 Å². The monoisotopic (exact) mass is 473 g/mol. The number of likely N-dealkylation sites (tertiary alicyclic amines) is 1. The number of nitrogens with zero attached hydrogens (tertiary/aromatic N) is 4. The van der Waals surface area contributed by atoms with E-state index in [2.05, 4.69) is 21.9 Å². The van der Waals surface area contributed by atoms with Gasteiger partial charge in [0, 0.05) is 17.5 Å². The van der Waals surface area contributed by atoms with Gasteiger partial charge in [0.25, 0.3) is 5.91 Å². The minimum atomic E-state index is -0.310.